The zero-order valence-corrected chi connectivity index (χ0v) is 15.5. The van der Waals surface area contributed by atoms with Crippen molar-refractivity contribution < 1.29 is 14.0 Å². The van der Waals surface area contributed by atoms with Crippen LogP contribution in [0.1, 0.15) is 52.4 Å². The Hall–Kier alpha value is -1.17. The van der Waals surface area contributed by atoms with Crippen molar-refractivity contribution in [3.8, 4) is 0 Å². The summed E-state index contributed by atoms with van der Waals surface area (Å²) in [5, 5.41) is 4.13. The molecule has 1 saturated carbocycles. The molecule has 0 N–H and O–H groups in total. The summed E-state index contributed by atoms with van der Waals surface area (Å²) in [6, 6.07) is 0. The van der Waals surface area contributed by atoms with Crippen molar-refractivity contribution in [2.24, 2.45) is 17.0 Å². The molecule has 1 atom stereocenters. The molecule has 4 rings (SSSR count). The van der Waals surface area contributed by atoms with E-state index >= 15 is 0 Å². The monoisotopic (exact) mass is 351 g/mol. The Bertz CT molecular complexity index is 569. The molecule has 0 aromatic rings. The number of carbonyl (C=O) groups is 1. The van der Waals surface area contributed by atoms with Gasteiger partial charge in [0.25, 0.3) is 5.91 Å². The Labute approximate surface area is 149 Å². The van der Waals surface area contributed by atoms with Gasteiger partial charge in [-0.2, -0.15) is 0 Å². The predicted molar refractivity (Wildman–Crippen MR) is 94.1 cm³/mol. The van der Waals surface area contributed by atoms with Crippen LogP contribution >= 0.6 is 0 Å². The van der Waals surface area contributed by atoms with Gasteiger partial charge in [-0.15, -0.1) is 0 Å². The summed E-state index contributed by atoms with van der Waals surface area (Å²) in [6.45, 7) is 7.97. The number of halogens is 1. The van der Waals surface area contributed by atoms with Gasteiger partial charge in [0.1, 0.15) is 11.4 Å². The van der Waals surface area contributed by atoms with Gasteiger partial charge in [0.05, 0.1) is 13.1 Å². The van der Waals surface area contributed by atoms with E-state index in [9.17, 15) is 9.18 Å². The number of nitrogens with zero attached hydrogens (tertiary/aromatic N) is 3. The Morgan fingerprint density at radius 2 is 2.12 bits per heavy atom. The molecule has 1 amide bonds. The van der Waals surface area contributed by atoms with Gasteiger partial charge in [-0.25, -0.2) is 4.39 Å². The van der Waals surface area contributed by atoms with Crippen molar-refractivity contribution >= 4 is 11.6 Å². The Kier molecular flexibility index (Phi) is 4.29. The SMILES string of the molecule is CC(C)CCN1CCC[C@@]2(CC(C(=O)N3CC(F)(C4CC4)C3)=NO2)C1. The number of piperidine rings is 1. The van der Waals surface area contributed by atoms with Crippen LogP contribution in [0, 0.1) is 11.8 Å². The topological polar surface area (TPSA) is 45.1 Å². The number of rotatable bonds is 5. The number of hydrogen-bond acceptors (Lipinski definition) is 4. The molecule has 2 saturated heterocycles. The molecule has 0 aromatic heterocycles. The van der Waals surface area contributed by atoms with Crippen LogP contribution in [0.15, 0.2) is 5.16 Å². The molecule has 3 aliphatic heterocycles. The quantitative estimate of drug-likeness (QED) is 0.765. The second kappa shape index (κ2) is 6.22. The van der Waals surface area contributed by atoms with Crippen molar-refractivity contribution in [1.82, 2.24) is 9.80 Å². The van der Waals surface area contributed by atoms with Crippen LogP contribution in [0.25, 0.3) is 0 Å². The molecule has 6 heteroatoms. The number of alkyl halides is 1. The van der Waals surface area contributed by atoms with E-state index in [1.165, 1.54) is 6.42 Å². The lowest BCUT2D eigenvalue weighted by atomic mass is 9.86. The highest BCUT2D eigenvalue weighted by Gasteiger charge is 2.56. The van der Waals surface area contributed by atoms with E-state index in [2.05, 4.69) is 23.9 Å². The molecule has 5 nitrogen and oxygen atoms in total. The van der Waals surface area contributed by atoms with Crippen molar-refractivity contribution in [1.29, 1.82) is 0 Å². The smallest absolute Gasteiger partial charge is 0.272 e. The first kappa shape index (κ1) is 17.3. The van der Waals surface area contributed by atoms with E-state index in [4.69, 9.17) is 4.84 Å². The molecule has 140 valence electrons. The van der Waals surface area contributed by atoms with E-state index in [1.54, 1.807) is 4.90 Å². The van der Waals surface area contributed by atoms with E-state index in [0.717, 1.165) is 45.3 Å². The van der Waals surface area contributed by atoms with E-state index in [1.807, 2.05) is 0 Å². The molecule has 3 heterocycles. The van der Waals surface area contributed by atoms with Crippen LogP contribution in [0.2, 0.25) is 0 Å². The average Bonchev–Trinajstić information content (AvgIpc) is 3.33. The zero-order chi connectivity index (χ0) is 17.7. The lowest BCUT2D eigenvalue weighted by molar-refractivity contribution is -0.139. The number of carbonyl (C=O) groups excluding carboxylic acids is 1. The van der Waals surface area contributed by atoms with Gasteiger partial charge in [-0.05, 0) is 57.0 Å². The van der Waals surface area contributed by atoms with Crippen LogP contribution < -0.4 is 0 Å². The Balaban J connectivity index is 1.30. The van der Waals surface area contributed by atoms with Crippen LogP contribution in [0.4, 0.5) is 4.39 Å². The highest BCUT2D eigenvalue weighted by Crippen LogP contribution is 2.47. The minimum Gasteiger partial charge on any atom is -0.387 e. The summed E-state index contributed by atoms with van der Waals surface area (Å²) in [4.78, 5) is 22.5. The first-order chi connectivity index (χ1) is 11.9. The second-order valence-electron chi connectivity index (χ2n) is 9.02. The standard InChI is InChI=1S/C19H30FN3O2/c1-14(2)6-9-22-8-3-7-18(11-22)10-16(21-25-18)17(24)23-12-19(20,13-23)15-4-5-15/h14-15H,3-13H2,1-2H3/t18-/m1/s1. The largest absolute Gasteiger partial charge is 0.387 e. The normalized spacial score (nSPS) is 31.8. The third-order valence-corrected chi connectivity index (χ3v) is 6.23. The van der Waals surface area contributed by atoms with Crippen LogP contribution in [0.5, 0.6) is 0 Å². The summed E-state index contributed by atoms with van der Waals surface area (Å²) < 4.78 is 14.5. The van der Waals surface area contributed by atoms with E-state index in [-0.39, 0.29) is 30.5 Å². The first-order valence-corrected chi connectivity index (χ1v) is 9.85. The fraction of sp³-hybridized carbons (Fsp3) is 0.895. The zero-order valence-electron chi connectivity index (χ0n) is 15.5. The van der Waals surface area contributed by atoms with E-state index < -0.39 is 5.67 Å². The maximum atomic E-state index is 14.5. The molecule has 0 radical (unpaired) electrons. The van der Waals surface area contributed by atoms with Gasteiger partial charge in [-0.3, -0.25) is 9.69 Å². The molecule has 25 heavy (non-hydrogen) atoms. The van der Waals surface area contributed by atoms with Crippen LogP contribution in [0.3, 0.4) is 0 Å². The molecule has 0 aromatic carbocycles. The summed E-state index contributed by atoms with van der Waals surface area (Å²) in [7, 11) is 0. The van der Waals surface area contributed by atoms with Gasteiger partial charge < -0.3 is 9.74 Å². The number of likely N-dealkylation sites (tertiary alicyclic amines) is 2. The molecular weight excluding hydrogens is 321 g/mol. The summed E-state index contributed by atoms with van der Waals surface area (Å²) in [6.07, 6.45) is 5.71. The van der Waals surface area contributed by atoms with Gasteiger partial charge in [0, 0.05) is 13.0 Å². The summed E-state index contributed by atoms with van der Waals surface area (Å²) in [5.41, 5.74) is -0.983. The van der Waals surface area contributed by atoms with Crippen LogP contribution in [-0.4, -0.2) is 65.4 Å². The minimum atomic E-state index is -1.13. The Morgan fingerprint density at radius 3 is 2.80 bits per heavy atom. The van der Waals surface area contributed by atoms with Gasteiger partial charge in [0.2, 0.25) is 0 Å². The molecule has 1 aliphatic carbocycles. The maximum absolute atomic E-state index is 14.5. The van der Waals surface area contributed by atoms with Crippen molar-refractivity contribution in [3.05, 3.63) is 0 Å². The summed E-state index contributed by atoms with van der Waals surface area (Å²) in [5.74, 6) is 0.747. The summed E-state index contributed by atoms with van der Waals surface area (Å²) >= 11 is 0. The highest BCUT2D eigenvalue weighted by atomic mass is 19.1. The first-order valence-electron chi connectivity index (χ1n) is 9.85. The molecule has 3 fully saturated rings. The number of amides is 1. The molecule has 1 spiro atoms. The van der Waals surface area contributed by atoms with Gasteiger partial charge in [0.15, 0.2) is 5.60 Å². The third kappa shape index (κ3) is 3.42. The minimum absolute atomic E-state index is 0.120. The molecule has 4 aliphatic rings. The molecule has 0 bridgehead atoms. The third-order valence-electron chi connectivity index (χ3n) is 6.23. The van der Waals surface area contributed by atoms with Crippen molar-refractivity contribution in [2.45, 2.75) is 63.6 Å². The highest BCUT2D eigenvalue weighted by molar-refractivity contribution is 6.39. The lowest BCUT2D eigenvalue weighted by Gasteiger charge is -2.44. The number of hydrogen-bond donors (Lipinski definition) is 0. The predicted octanol–water partition coefficient (Wildman–Crippen LogP) is 2.60. The second-order valence-corrected chi connectivity index (χ2v) is 9.02. The van der Waals surface area contributed by atoms with Crippen molar-refractivity contribution in [2.75, 3.05) is 32.7 Å². The van der Waals surface area contributed by atoms with Crippen molar-refractivity contribution in [3.63, 3.8) is 0 Å². The van der Waals surface area contributed by atoms with Gasteiger partial charge >= 0.3 is 0 Å². The van der Waals surface area contributed by atoms with Gasteiger partial charge in [-0.1, -0.05) is 19.0 Å². The number of oxime groups is 1. The average molecular weight is 351 g/mol. The van der Waals surface area contributed by atoms with Crippen LogP contribution in [-0.2, 0) is 9.63 Å². The fourth-order valence-electron chi connectivity index (χ4n) is 4.45. The molecule has 0 unspecified atom stereocenters. The molecular formula is C19H30FN3O2. The van der Waals surface area contributed by atoms with E-state index in [0.29, 0.717) is 18.1 Å². The fourth-order valence-corrected chi connectivity index (χ4v) is 4.45. The Morgan fingerprint density at radius 1 is 1.36 bits per heavy atom. The lowest BCUT2D eigenvalue weighted by Crippen LogP contribution is -2.63. The maximum Gasteiger partial charge on any atom is 0.272 e.